The first-order valence-electron chi connectivity index (χ1n) is 6.93. The lowest BCUT2D eigenvalue weighted by Crippen LogP contribution is -2.48. The van der Waals surface area contributed by atoms with Crippen LogP contribution in [0.2, 0.25) is 0 Å². The molecule has 0 saturated carbocycles. The van der Waals surface area contributed by atoms with Crippen LogP contribution in [0.15, 0.2) is 0 Å². The second-order valence-corrected chi connectivity index (χ2v) is 5.39. The maximum Gasteiger partial charge on any atom is 0.326 e. The molecule has 1 aliphatic rings. The number of piperidine rings is 1. The zero-order valence-corrected chi connectivity index (χ0v) is 12.2. The van der Waals surface area contributed by atoms with Gasteiger partial charge in [-0.15, -0.1) is 0 Å². The van der Waals surface area contributed by atoms with Crippen LogP contribution >= 0.6 is 0 Å². The number of likely N-dealkylation sites (tertiary alicyclic amines) is 1. The maximum atomic E-state index is 12.4. The predicted octanol–water partition coefficient (Wildman–Crippen LogP) is 1.05. The average Bonchev–Trinajstić information content (AvgIpc) is 2.65. The van der Waals surface area contributed by atoms with Gasteiger partial charge in [-0.1, -0.05) is 0 Å². The van der Waals surface area contributed by atoms with Gasteiger partial charge in [-0.05, 0) is 33.1 Å². The Balaban J connectivity index is 2.16. The van der Waals surface area contributed by atoms with Crippen molar-refractivity contribution >= 4 is 11.9 Å². The second-order valence-electron chi connectivity index (χ2n) is 5.39. The van der Waals surface area contributed by atoms with Gasteiger partial charge in [-0.2, -0.15) is 5.10 Å². The van der Waals surface area contributed by atoms with Crippen molar-refractivity contribution in [3.8, 4) is 0 Å². The number of carboxylic acids is 1. The normalized spacial score (nSPS) is 19.1. The molecule has 2 rings (SSSR count). The standard InChI is InChI=1S/C14H21N3O3/c1-9-11(10(2)16(3)15-9)8-13(18)17-7-5-4-6-12(17)14(19)20/h12H,4-8H2,1-3H3,(H,19,20)/t12-/m0/s1. The summed E-state index contributed by atoms with van der Waals surface area (Å²) >= 11 is 0. The number of hydrogen-bond acceptors (Lipinski definition) is 3. The Morgan fingerprint density at radius 1 is 1.35 bits per heavy atom. The lowest BCUT2D eigenvalue weighted by molar-refractivity contribution is -0.151. The molecule has 1 saturated heterocycles. The van der Waals surface area contributed by atoms with E-state index in [1.54, 1.807) is 4.68 Å². The summed E-state index contributed by atoms with van der Waals surface area (Å²) in [6.07, 6.45) is 2.52. The molecule has 0 spiro atoms. The molecule has 0 aliphatic carbocycles. The van der Waals surface area contributed by atoms with Crippen LogP contribution in [0, 0.1) is 13.8 Å². The van der Waals surface area contributed by atoms with Crippen molar-refractivity contribution in [2.45, 2.75) is 45.6 Å². The van der Waals surface area contributed by atoms with Gasteiger partial charge in [0.25, 0.3) is 0 Å². The fraction of sp³-hybridized carbons (Fsp3) is 0.643. The van der Waals surface area contributed by atoms with Crippen LogP contribution in [0.4, 0.5) is 0 Å². The van der Waals surface area contributed by atoms with Crippen LogP contribution in [0.5, 0.6) is 0 Å². The quantitative estimate of drug-likeness (QED) is 0.897. The second kappa shape index (κ2) is 5.64. The Morgan fingerprint density at radius 3 is 2.60 bits per heavy atom. The number of carbonyl (C=O) groups excluding carboxylic acids is 1. The average molecular weight is 279 g/mol. The highest BCUT2D eigenvalue weighted by Crippen LogP contribution is 2.20. The Kier molecular flexibility index (Phi) is 4.11. The SMILES string of the molecule is Cc1nn(C)c(C)c1CC(=O)N1CCCC[C@H]1C(=O)O. The monoisotopic (exact) mass is 279 g/mol. The number of aromatic nitrogens is 2. The topological polar surface area (TPSA) is 75.4 Å². The summed E-state index contributed by atoms with van der Waals surface area (Å²) in [5.74, 6) is -1.02. The maximum absolute atomic E-state index is 12.4. The molecular formula is C14H21N3O3. The van der Waals surface area contributed by atoms with Gasteiger partial charge in [0.05, 0.1) is 12.1 Å². The van der Waals surface area contributed by atoms with E-state index < -0.39 is 12.0 Å². The van der Waals surface area contributed by atoms with E-state index in [4.69, 9.17) is 0 Å². The molecule has 6 nitrogen and oxygen atoms in total. The summed E-state index contributed by atoms with van der Waals surface area (Å²) < 4.78 is 1.75. The van der Waals surface area contributed by atoms with Crippen LogP contribution in [0.25, 0.3) is 0 Å². The zero-order chi connectivity index (χ0) is 14.9. The minimum Gasteiger partial charge on any atom is -0.480 e. The highest BCUT2D eigenvalue weighted by atomic mass is 16.4. The van der Waals surface area contributed by atoms with Gasteiger partial charge in [-0.3, -0.25) is 9.48 Å². The van der Waals surface area contributed by atoms with E-state index in [9.17, 15) is 14.7 Å². The minimum absolute atomic E-state index is 0.115. The smallest absolute Gasteiger partial charge is 0.326 e. The van der Waals surface area contributed by atoms with Crippen LogP contribution in [0.3, 0.4) is 0 Å². The van der Waals surface area contributed by atoms with E-state index in [0.717, 1.165) is 29.8 Å². The van der Waals surface area contributed by atoms with Gasteiger partial charge in [0.2, 0.25) is 5.91 Å². The molecule has 0 bridgehead atoms. The number of carbonyl (C=O) groups is 2. The summed E-state index contributed by atoms with van der Waals surface area (Å²) in [7, 11) is 1.84. The Morgan fingerprint density at radius 2 is 2.05 bits per heavy atom. The number of carboxylic acid groups (broad SMARTS) is 1. The van der Waals surface area contributed by atoms with Crippen LogP contribution in [-0.4, -0.2) is 44.3 Å². The first kappa shape index (κ1) is 14.6. The van der Waals surface area contributed by atoms with Crippen molar-refractivity contribution in [1.29, 1.82) is 0 Å². The third kappa shape index (κ3) is 2.69. The van der Waals surface area contributed by atoms with Gasteiger partial charge < -0.3 is 10.0 Å². The summed E-state index contributed by atoms with van der Waals surface area (Å²) in [4.78, 5) is 25.2. The molecule has 1 atom stereocenters. The molecule has 1 aliphatic heterocycles. The van der Waals surface area contributed by atoms with E-state index in [2.05, 4.69) is 5.10 Å². The molecule has 0 unspecified atom stereocenters. The lowest BCUT2D eigenvalue weighted by atomic mass is 10.0. The molecule has 1 N–H and O–H groups in total. The predicted molar refractivity (Wildman–Crippen MR) is 73.4 cm³/mol. The summed E-state index contributed by atoms with van der Waals surface area (Å²) in [5.41, 5.74) is 2.70. The minimum atomic E-state index is -0.905. The molecule has 110 valence electrons. The van der Waals surface area contributed by atoms with Crippen molar-refractivity contribution < 1.29 is 14.7 Å². The molecule has 20 heavy (non-hydrogen) atoms. The molecule has 2 heterocycles. The summed E-state index contributed by atoms with van der Waals surface area (Å²) in [6, 6.07) is -0.673. The van der Waals surface area contributed by atoms with Gasteiger partial charge in [0, 0.05) is 24.8 Å². The lowest BCUT2D eigenvalue weighted by Gasteiger charge is -2.33. The molecule has 6 heteroatoms. The first-order valence-corrected chi connectivity index (χ1v) is 6.93. The molecule has 0 radical (unpaired) electrons. The third-order valence-electron chi connectivity index (χ3n) is 4.10. The number of hydrogen-bond donors (Lipinski definition) is 1. The largest absolute Gasteiger partial charge is 0.480 e. The molecule has 1 aromatic rings. The van der Waals surface area contributed by atoms with Crippen LogP contribution in [-0.2, 0) is 23.1 Å². The molecule has 0 aromatic carbocycles. The van der Waals surface area contributed by atoms with Crippen molar-refractivity contribution in [1.82, 2.24) is 14.7 Å². The van der Waals surface area contributed by atoms with E-state index in [-0.39, 0.29) is 12.3 Å². The molecule has 1 amide bonds. The van der Waals surface area contributed by atoms with Gasteiger partial charge in [0.15, 0.2) is 0 Å². The van der Waals surface area contributed by atoms with E-state index in [0.29, 0.717) is 13.0 Å². The van der Waals surface area contributed by atoms with Crippen molar-refractivity contribution in [2.24, 2.45) is 7.05 Å². The number of amides is 1. The van der Waals surface area contributed by atoms with Crippen LogP contribution in [0.1, 0.15) is 36.2 Å². The fourth-order valence-electron chi connectivity index (χ4n) is 2.81. The molecule has 1 aromatic heterocycles. The van der Waals surface area contributed by atoms with Gasteiger partial charge in [-0.25, -0.2) is 4.79 Å². The summed E-state index contributed by atoms with van der Waals surface area (Å²) in [6.45, 7) is 4.34. The first-order chi connectivity index (χ1) is 9.41. The number of rotatable bonds is 3. The highest BCUT2D eigenvalue weighted by Gasteiger charge is 2.32. The van der Waals surface area contributed by atoms with E-state index in [1.807, 2.05) is 20.9 Å². The number of nitrogens with zero attached hydrogens (tertiary/aromatic N) is 3. The van der Waals surface area contributed by atoms with E-state index >= 15 is 0 Å². The van der Waals surface area contributed by atoms with Gasteiger partial charge in [0.1, 0.15) is 6.04 Å². The third-order valence-corrected chi connectivity index (χ3v) is 4.10. The summed E-state index contributed by atoms with van der Waals surface area (Å²) in [5, 5.41) is 13.5. The van der Waals surface area contributed by atoms with Crippen molar-refractivity contribution in [3.63, 3.8) is 0 Å². The van der Waals surface area contributed by atoms with Crippen molar-refractivity contribution in [2.75, 3.05) is 6.54 Å². The number of aryl methyl sites for hydroxylation is 2. The Hall–Kier alpha value is -1.85. The molecular weight excluding hydrogens is 258 g/mol. The van der Waals surface area contributed by atoms with Crippen molar-refractivity contribution in [3.05, 3.63) is 17.0 Å². The molecule has 1 fully saturated rings. The Bertz CT molecular complexity index is 536. The van der Waals surface area contributed by atoms with Gasteiger partial charge >= 0.3 is 5.97 Å². The van der Waals surface area contributed by atoms with E-state index in [1.165, 1.54) is 4.90 Å². The Labute approximate surface area is 118 Å². The fourth-order valence-corrected chi connectivity index (χ4v) is 2.81. The number of aliphatic carboxylic acids is 1. The zero-order valence-electron chi connectivity index (χ0n) is 12.2. The van der Waals surface area contributed by atoms with Crippen LogP contribution < -0.4 is 0 Å². The highest BCUT2D eigenvalue weighted by molar-refractivity contribution is 5.85.